The summed E-state index contributed by atoms with van der Waals surface area (Å²) in [5, 5.41) is 0. The minimum Gasteiger partial charge on any atom is -0.344 e. The molecule has 0 aromatic heterocycles. The normalized spacial score (nSPS) is 14.8. The number of hydrogen-bond acceptors (Lipinski definition) is 4. The third kappa shape index (κ3) is 9.46. The van der Waals surface area contributed by atoms with E-state index in [-0.39, 0.29) is 12.3 Å². The molecule has 0 aliphatic carbocycles. The Hall–Kier alpha value is 0.140. The molecule has 2 unspecified atom stereocenters. The molecule has 54 valence electrons. The van der Waals surface area contributed by atoms with Gasteiger partial charge in [0, 0.05) is 0 Å². The summed E-state index contributed by atoms with van der Waals surface area (Å²) in [6.45, 7) is 0. The van der Waals surface area contributed by atoms with E-state index in [2.05, 4.69) is 0 Å². The first-order valence-corrected chi connectivity index (χ1v) is 3.60. The van der Waals surface area contributed by atoms with Gasteiger partial charge in [-0.05, 0) is 0 Å². The van der Waals surface area contributed by atoms with Crippen LogP contribution in [0.1, 0.15) is 0 Å². The van der Waals surface area contributed by atoms with Crippen LogP contribution < -0.4 is 12.3 Å². The molecule has 6 nitrogen and oxygen atoms in total. The molecule has 0 spiro atoms. The van der Waals surface area contributed by atoms with Gasteiger partial charge in [0.05, 0.1) is 0 Å². The highest BCUT2D eigenvalue weighted by Crippen LogP contribution is 1.74. The third-order valence-electron chi connectivity index (χ3n) is 0.122. The molecule has 0 aromatic rings. The van der Waals surface area contributed by atoms with Crippen LogP contribution in [0.5, 0.6) is 0 Å². The lowest BCUT2D eigenvalue weighted by molar-refractivity contribution is 0.548. The summed E-state index contributed by atoms with van der Waals surface area (Å²) in [4.78, 5) is 0. The lowest BCUT2D eigenvalue weighted by atomic mass is 14.0. The fourth-order valence-electron chi connectivity index (χ4n) is 0. The van der Waals surface area contributed by atoms with Crippen molar-refractivity contribution < 1.29 is 17.5 Å². The Balaban J connectivity index is -0.000000125. The van der Waals surface area contributed by atoms with Crippen LogP contribution in [-0.2, 0) is 20.2 Å². The van der Waals surface area contributed by atoms with E-state index in [1.165, 1.54) is 0 Å². The maximum Gasteiger partial charge on any atom is 0.274 e. The highest BCUT2D eigenvalue weighted by molar-refractivity contribution is 8.56. The summed E-state index contributed by atoms with van der Waals surface area (Å²) >= 11 is 0. The van der Waals surface area contributed by atoms with Crippen molar-refractivity contribution >= 4 is 20.2 Å². The van der Waals surface area contributed by atoms with Gasteiger partial charge in [0.2, 0.25) is 0 Å². The smallest absolute Gasteiger partial charge is 0.274 e. The Morgan fingerprint density at radius 1 is 0.875 bits per heavy atom. The Kier molecular flexibility index (Phi) is 14.0. The summed E-state index contributed by atoms with van der Waals surface area (Å²) in [5.74, 6) is 0. The van der Waals surface area contributed by atoms with Crippen molar-refractivity contribution in [1.29, 1.82) is 0 Å². The molecule has 0 rings (SSSR count). The molecular weight excluding hydrogens is 156 g/mol. The number of hydrogen-bond donors (Lipinski definition) is 4. The second-order valence-electron chi connectivity index (χ2n) is 0.434. The van der Waals surface area contributed by atoms with E-state index in [9.17, 15) is 8.42 Å². The molecule has 8 N–H and O–H groups in total. The molecule has 0 bridgehead atoms. The summed E-state index contributed by atoms with van der Waals surface area (Å²) in [6, 6.07) is 0. The zero-order chi connectivity index (χ0) is 5.15. The van der Waals surface area contributed by atoms with E-state index >= 15 is 0 Å². The molecule has 8 heteroatoms. The Morgan fingerprint density at radius 2 is 1.00 bits per heavy atom. The van der Waals surface area contributed by atoms with Crippen molar-refractivity contribution in [2.45, 2.75) is 0 Å². The van der Waals surface area contributed by atoms with Crippen molar-refractivity contribution in [3.63, 3.8) is 0 Å². The molecule has 0 heterocycles. The summed E-state index contributed by atoms with van der Waals surface area (Å²) in [5.41, 5.74) is 0. The lowest BCUT2D eigenvalue weighted by Gasteiger charge is -1.74. The van der Waals surface area contributed by atoms with Crippen LogP contribution in [-0.4, -0.2) is 17.5 Å². The minimum atomic E-state index is -2.59. The predicted molar refractivity (Wildman–Crippen MR) is 31.6 cm³/mol. The largest absolute Gasteiger partial charge is 0.344 e. The lowest BCUT2D eigenvalue weighted by Crippen LogP contribution is -1.93. The fraction of sp³-hybridized carbons (Fsp3) is 0. The van der Waals surface area contributed by atoms with E-state index in [0.717, 1.165) is 0 Å². The third-order valence-corrected chi connectivity index (χ3v) is 1.10. The van der Waals surface area contributed by atoms with E-state index in [4.69, 9.17) is 9.11 Å². The van der Waals surface area contributed by atoms with Crippen molar-refractivity contribution in [1.82, 2.24) is 12.3 Å². The first-order valence-electron chi connectivity index (χ1n) is 0.865. The first-order chi connectivity index (χ1) is 2.64. The molecule has 0 aliphatic heterocycles. The molecule has 0 amide bonds. The average molecular weight is 164 g/mol. The minimum absolute atomic E-state index is 0. The average Bonchev–Trinajstić information content (AvgIpc) is 1.36. The summed E-state index contributed by atoms with van der Waals surface area (Å²) < 4.78 is 33.6. The summed E-state index contributed by atoms with van der Waals surface area (Å²) in [6.07, 6.45) is 0. The zero-order valence-corrected chi connectivity index (χ0v) is 5.57. The molecule has 0 aromatic carbocycles. The molecule has 8 heavy (non-hydrogen) atoms. The van der Waals surface area contributed by atoms with Crippen molar-refractivity contribution in [3.05, 3.63) is 0 Å². The van der Waals surface area contributed by atoms with Crippen molar-refractivity contribution in [2.75, 3.05) is 0 Å². The molecule has 0 fully saturated rings. The van der Waals surface area contributed by atoms with Crippen LogP contribution in [0.25, 0.3) is 0 Å². The van der Waals surface area contributed by atoms with Gasteiger partial charge in [-0.25, -0.2) is 8.42 Å². The van der Waals surface area contributed by atoms with Gasteiger partial charge in [-0.1, -0.05) is 0 Å². The molecule has 0 aliphatic rings. The van der Waals surface area contributed by atoms with Crippen LogP contribution in [0, 0.1) is 0 Å². The van der Waals surface area contributed by atoms with Gasteiger partial charge in [-0.15, -0.1) is 0 Å². The van der Waals surface area contributed by atoms with Gasteiger partial charge < -0.3 is 12.3 Å². The van der Waals surface area contributed by atoms with E-state index in [1.54, 1.807) is 0 Å². The van der Waals surface area contributed by atoms with Crippen LogP contribution in [0.3, 0.4) is 0 Å². The van der Waals surface area contributed by atoms with Crippen LogP contribution in [0.15, 0.2) is 0 Å². The number of rotatable bonds is 1. The Morgan fingerprint density at radius 3 is 1.00 bits per heavy atom. The van der Waals surface area contributed by atoms with Gasteiger partial charge in [0.25, 0.3) is 20.2 Å². The van der Waals surface area contributed by atoms with Gasteiger partial charge in [0.15, 0.2) is 0 Å². The van der Waals surface area contributed by atoms with Crippen LogP contribution in [0.4, 0.5) is 0 Å². The maximum atomic E-state index is 9.26. The second kappa shape index (κ2) is 7.14. The van der Waals surface area contributed by atoms with E-state index in [1.807, 2.05) is 0 Å². The fourth-order valence-corrected chi connectivity index (χ4v) is 0. The molecule has 2 atom stereocenters. The Labute approximate surface area is 50.8 Å². The maximum absolute atomic E-state index is 9.26. The first kappa shape index (κ1) is 15.7. The summed E-state index contributed by atoms with van der Waals surface area (Å²) in [7, 11) is -5.18. The zero-order valence-electron chi connectivity index (χ0n) is 3.94. The SMILES string of the molecule is N.N.O=S(O)S(=O)O. The highest BCUT2D eigenvalue weighted by atomic mass is 33.2. The molecule has 0 saturated carbocycles. The van der Waals surface area contributed by atoms with E-state index in [0.29, 0.717) is 0 Å². The Bertz CT molecular complexity index is 78.0. The topological polar surface area (TPSA) is 145 Å². The predicted octanol–water partition coefficient (Wildman–Crippen LogP) is -0.331. The van der Waals surface area contributed by atoms with Gasteiger partial charge in [-0.3, -0.25) is 9.11 Å². The van der Waals surface area contributed by atoms with Crippen LogP contribution >= 0.6 is 0 Å². The van der Waals surface area contributed by atoms with Crippen molar-refractivity contribution in [3.8, 4) is 0 Å². The van der Waals surface area contributed by atoms with Gasteiger partial charge in [0.1, 0.15) is 0 Å². The van der Waals surface area contributed by atoms with Crippen LogP contribution in [0.2, 0.25) is 0 Å². The molecule has 0 radical (unpaired) electrons. The molecular formula is H8N2O4S2. The monoisotopic (exact) mass is 164 g/mol. The second-order valence-corrected chi connectivity index (χ2v) is 3.01. The van der Waals surface area contributed by atoms with Crippen molar-refractivity contribution in [2.24, 2.45) is 0 Å². The van der Waals surface area contributed by atoms with Gasteiger partial charge >= 0.3 is 0 Å². The quantitative estimate of drug-likeness (QED) is 0.308. The highest BCUT2D eigenvalue weighted by Gasteiger charge is 1.95. The molecule has 0 saturated heterocycles. The standard InChI is InChI=1S/2H3N.H2O4S2/c;;1-5(2)6(3)4/h2*1H3;(H,1,2)(H,3,4). The van der Waals surface area contributed by atoms with Gasteiger partial charge in [-0.2, -0.15) is 0 Å². The van der Waals surface area contributed by atoms with E-state index < -0.39 is 20.2 Å².